The third kappa shape index (κ3) is 4.96. The van der Waals surface area contributed by atoms with Crippen LogP contribution in [0, 0.1) is 0 Å². The first kappa shape index (κ1) is 13.4. The maximum Gasteiger partial charge on any atom is 0.247 e. The molecule has 1 N–H and O–H groups in total. The summed E-state index contributed by atoms with van der Waals surface area (Å²) in [6.07, 6.45) is 0. The van der Waals surface area contributed by atoms with Crippen LogP contribution in [0.3, 0.4) is 0 Å². The molecule has 0 aliphatic carbocycles. The van der Waals surface area contributed by atoms with E-state index in [1.54, 1.807) is 11.9 Å². The second-order valence-electron chi connectivity index (χ2n) is 2.80. The van der Waals surface area contributed by atoms with Crippen LogP contribution in [0.25, 0.3) is 0 Å². The molecule has 13 heavy (non-hydrogen) atoms. The van der Waals surface area contributed by atoms with Crippen molar-refractivity contribution in [3.05, 3.63) is 0 Å². The van der Waals surface area contributed by atoms with Gasteiger partial charge in [-0.2, -0.15) is 0 Å². The number of nitrogens with zero attached hydrogens (tertiary/aromatic N) is 1. The van der Waals surface area contributed by atoms with Gasteiger partial charge in [0.25, 0.3) is 0 Å². The monoisotopic (exact) mass is 221 g/mol. The van der Waals surface area contributed by atoms with Crippen molar-refractivity contribution in [2.75, 3.05) is 26.2 Å². The van der Waals surface area contributed by atoms with E-state index in [0.717, 1.165) is 30.5 Å². The average molecular weight is 221 g/mol. The molecule has 0 unspecified atom stereocenters. The van der Waals surface area contributed by atoms with Crippen molar-refractivity contribution in [1.29, 1.82) is 0 Å². The molecule has 0 radical (unpaired) electrons. The van der Waals surface area contributed by atoms with Gasteiger partial charge in [0.15, 0.2) is 0 Å². The molecule has 0 bridgehead atoms. The lowest BCUT2D eigenvalue weighted by molar-refractivity contribution is -0.794. The summed E-state index contributed by atoms with van der Waals surface area (Å²) in [4.78, 5) is 1.41. The Bertz CT molecular complexity index is 143. The molecular weight excluding hydrogens is 200 g/mol. The van der Waals surface area contributed by atoms with Gasteiger partial charge in [-0.15, -0.1) is 0 Å². The highest BCUT2D eigenvalue weighted by Crippen LogP contribution is 2.07. The van der Waals surface area contributed by atoms with E-state index in [9.17, 15) is 0 Å². The fourth-order valence-electron chi connectivity index (χ4n) is 1.07. The Hall–Kier alpha value is 0.360. The van der Waals surface area contributed by atoms with Crippen molar-refractivity contribution in [2.45, 2.75) is 27.7 Å². The summed E-state index contributed by atoms with van der Waals surface area (Å²) in [6, 6.07) is 0. The van der Waals surface area contributed by atoms with E-state index < -0.39 is 0 Å². The zero-order valence-electron chi connectivity index (χ0n) is 9.09. The predicted octanol–water partition coefficient (Wildman–Crippen LogP) is 1.19. The van der Waals surface area contributed by atoms with Crippen molar-refractivity contribution in [1.82, 2.24) is 4.31 Å². The highest BCUT2D eigenvalue weighted by molar-refractivity contribution is 8.20. The molecule has 0 aromatic rings. The maximum absolute atomic E-state index is 5.37. The molecule has 0 saturated carbocycles. The largest absolute Gasteiger partial charge is 0.287 e. The molecule has 78 valence electrons. The van der Waals surface area contributed by atoms with Crippen LogP contribution < -0.4 is 4.90 Å². The van der Waals surface area contributed by atoms with Crippen LogP contribution in [-0.4, -0.2) is 34.8 Å². The van der Waals surface area contributed by atoms with Gasteiger partial charge in [-0.1, -0.05) is 13.8 Å². The van der Waals surface area contributed by atoms with Gasteiger partial charge in [-0.3, -0.25) is 4.90 Å². The van der Waals surface area contributed by atoms with Gasteiger partial charge < -0.3 is 0 Å². The highest BCUT2D eigenvalue weighted by atomic mass is 32.2. The Balaban J connectivity index is 3.95. The van der Waals surface area contributed by atoms with Crippen molar-refractivity contribution in [3.8, 4) is 0 Å². The summed E-state index contributed by atoms with van der Waals surface area (Å²) < 4.78 is 3.36. The first-order valence-electron chi connectivity index (χ1n) is 5.01. The molecule has 0 rings (SSSR count). The number of hydrogen-bond acceptors (Lipinski definition) is 3. The SMILES string of the molecule is CCN(CC)SC(=S)[NH+](CC)CC. The van der Waals surface area contributed by atoms with E-state index in [4.69, 9.17) is 12.2 Å². The molecule has 0 amide bonds. The predicted molar refractivity (Wildman–Crippen MR) is 65.2 cm³/mol. The summed E-state index contributed by atoms with van der Waals surface area (Å²) in [7, 11) is 0. The molecule has 2 nitrogen and oxygen atoms in total. The Morgan fingerprint density at radius 2 is 1.62 bits per heavy atom. The van der Waals surface area contributed by atoms with Crippen LogP contribution in [-0.2, 0) is 0 Å². The Morgan fingerprint density at radius 3 is 1.92 bits per heavy atom. The van der Waals surface area contributed by atoms with Crippen LogP contribution >= 0.6 is 24.2 Å². The Kier molecular flexibility index (Phi) is 7.95. The van der Waals surface area contributed by atoms with Gasteiger partial charge in [0.05, 0.1) is 13.1 Å². The number of thiocarbonyl (C=S) groups is 1. The van der Waals surface area contributed by atoms with Gasteiger partial charge in [-0.05, 0) is 26.1 Å². The van der Waals surface area contributed by atoms with E-state index in [2.05, 4.69) is 32.0 Å². The van der Waals surface area contributed by atoms with E-state index in [1.165, 1.54) is 4.90 Å². The molecule has 0 heterocycles. The molecule has 0 saturated heterocycles. The summed E-state index contributed by atoms with van der Waals surface area (Å²) in [5.74, 6) is 0. The zero-order valence-corrected chi connectivity index (χ0v) is 10.7. The first-order valence-corrected chi connectivity index (χ1v) is 6.19. The molecule has 4 heteroatoms. The fraction of sp³-hybridized carbons (Fsp3) is 0.889. The van der Waals surface area contributed by atoms with Crippen LogP contribution in [0.2, 0.25) is 0 Å². The average Bonchev–Trinajstić information content (AvgIpc) is 2.16. The normalized spacial score (nSPS) is 11.2. The minimum absolute atomic E-state index is 1.06. The Morgan fingerprint density at radius 1 is 1.15 bits per heavy atom. The van der Waals surface area contributed by atoms with Gasteiger partial charge >= 0.3 is 0 Å². The summed E-state index contributed by atoms with van der Waals surface area (Å²) in [5, 5.41) is 0. The van der Waals surface area contributed by atoms with Crippen LogP contribution in [0.15, 0.2) is 0 Å². The smallest absolute Gasteiger partial charge is 0.247 e. The summed E-state index contributed by atoms with van der Waals surface area (Å²) >= 11 is 7.10. The van der Waals surface area contributed by atoms with E-state index in [0.29, 0.717) is 0 Å². The van der Waals surface area contributed by atoms with Gasteiger partial charge in [0.1, 0.15) is 0 Å². The molecule has 0 fully saturated rings. The standard InChI is InChI=1S/C9H20N2S2/c1-5-10(6-2)9(12)13-11(7-3)8-4/h5-8H2,1-4H3/p+1. The second kappa shape index (κ2) is 7.74. The van der Waals surface area contributed by atoms with Gasteiger partial charge in [0.2, 0.25) is 4.32 Å². The molecule has 0 aliphatic heterocycles. The molecule has 0 aromatic heterocycles. The molecule has 0 spiro atoms. The molecule has 0 aromatic carbocycles. The third-order valence-electron chi connectivity index (χ3n) is 2.06. The topological polar surface area (TPSA) is 7.68 Å². The maximum atomic E-state index is 5.37. The summed E-state index contributed by atoms with van der Waals surface area (Å²) in [5.41, 5.74) is 0. The molecule has 0 aliphatic rings. The summed E-state index contributed by atoms with van der Waals surface area (Å²) in [6.45, 7) is 13.0. The number of hydrogen-bond donors (Lipinski definition) is 1. The lowest BCUT2D eigenvalue weighted by atomic mass is 10.6. The van der Waals surface area contributed by atoms with E-state index in [1.807, 2.05) is 0 Å². The molecular formula is C9H21N2S2+. The van der Waals surface area contributed by atoms with Crippen molar-refractivity contribution in [2.24, 2.45) is 0 Å². The highest BCUT2D eigenvalue weighted by Gasteiger charge is 2.14. The van der Waals surface area contributed by atoms with Crippen molar-refractivity contribution in [3.63, 3.8) is 0 Å². The zero-order chi connectivity index (χ0) is 10.3. The van der Waals surface area contributed by atoms with Crippen LogP contribution in [0.5, 0.6) is 0 Å². The Labute approximate surface area is 91.8 Å². The number of quaternary nitrogens is 1. The van der Waals surface area contributed by atoms with E-state index in [-0.39, 0.29) is 0 Å². The quantitative estimate of drug-likeness (QED) is 0.551. The number of rotatable bonds is 5. The minimum Gasteiger partial charge on any atom is -0.287 e. The van der Waals surface area contributed by atoms with Gasteiger partial charge in [-0.25, -0.2) is 4.31 Å². The minimum atomic E-state index is 1.06. The van der Waals surface area contributed by atoms with E-state index >= 15 is 0 Å². The lowest BCUT2D eigenvalue weighted by Crippen LogP contribution is -3.13. The van der Waals surface area contributed by atoms with Gasteiger partial charge in [0, 0.05) is 25.0 Å². The van der Waals surface area contributed by atoms with Crippen molar-refractivity contribution >= 4 is 28.5 Å². The third-order valence-corrected chi connectivity index (χ3v) is 3.80. The molecule has 0 atom stereocenters. The van der Waals surface area contributed by atoms with Crippen LogP contribution in [0.1, 0.15) is 27.7 Å². The number of nitrogens with one attached hydrogen (secondary N) is 1. The van der Waals surface area contributed by atoms with Crippen molar-refractivity contribution < 1.29 is 4.90 Å². The first-order chi connectivity index (χ1) is 6.19. The second-order valence-corrected chi connectivity index (χ2v) is 4.58. The van der Waals surface area contributed by atoms with Crippen LogP contribution in [0.4, 0.5) is 0 Å². The fourth-order valence-corrected chi connectivity index (χ4v) is 2.59. The lowest BCUT2D eigenvalue weighted by Gasteiger charge is -2.20.